The van der Waals surface area contributed by atoms with Crippen molar-refractivity contribution in [3.05, 3.63) is 52.7 Å². The van der Waals surface area contributed by atoms with Crippen molar-refractivity contribution in [3.8, 4) is 5.75 Å². The van der Waals surface area contributed by atoms with Gasteiger partial charge in [0.2, 0.25) is 5.91 Å². The second-order valence-corrected chi connectivity index (χ2v) is 5.85. The molecule has 25 heavy (non-hydrogen) atoms. The van der Waals surface area contributed by atoms with E-state index in [9.17, 15) is 14.7 Å². The Morgan fingerprint density at radius 3 is 2.68 bits per heavy atom. The minimum Gasteiger partial charge on any atom is -0.507 e. The van der Waals surface area contributed by atoms with Crippen LogP contribution >= 0.6 is 0 Å². The van der Waals surface area contributed by atoms with Gasteiger partial charge in [0.1, 0.15) is 17.0 Å². The van der Waals surface area contributed by atoms with Gasteiger partial charge < -0.3 is 20.1 Å². The Balaban J connectivity index is 1.82. The Morgan fingerprint density at radius 2 is 1.96 bits per heavy atom. The van der Waals surface area contributed by atoms with Crippen LogP contribution in [0.1, 0.15) is 27.2 Å². The first kappa shape index (κ1) is 16.5. The maximum absolute atomic E-state index is 12.3. The van der Waals surface area contributed by atoms with Gasteiger partial charge in [-0.05, 0) is 49.2 Å². The number of aromatic carboxylic acids is 1. The molecule has 0 fully saturated rings. The third-order valence-corrected chi connectivity index (χ3v) is 3.82. The van der Waals surface area contributed by atoms with E-state index in [1.165, 1.54) is 18.2 Å². The van der Waals surface area contributed by atoms with Gasteiger partial charge in [-0.15, -0.1) is 0 Å². The van der Waals surface area contributed by atoms with Gasteiger partial charge in [-0.25, -0.2) is 4.79 Å². The predicted octanol–water partition coefficient (Wildman–Crippen LogP) is 3.03. The van der Waals surface area contributed by atoms with Crippen molar-refractivity contribution in [1.82, 2.24) is 5.16 Å². The Morgan fingerprint density at radius 1 is 1.20 bits per heavy atom. The van der Waals surface area contributed by atoms with E-state index in [4.69, 9.17) is 9.63 Å². The quantitative estimate of drug-likeness (QED) is 0.629. The van der Waals surface area contributed by atoms with Crippen molar-refractivity contribution in [2.24, 2.45) is 0 Å². The predicted molar refractivity (Wildman–Crippen MR) is 90.9 cm³/mol. The monoisotopic (exact) mass is 340 g/mol. The van der Waals surface area contributed by atoms with Crippen LogP contribution in [0.5, 0.6) is 5.75 Å². The van der Waals surface area contributed by atoms with E-state index in [-0.39, 0.29) is 29.3 Å². The van der Waals surface area contributed by atoms with E-state index in [1.54, 1.807) is 0 Å². The highest BCUT2D eigenvalue weighted by molar-refractivity contribution is 5.97. The molecule has 0 saturated carbocycles. The average molecular weight is 340 g/mol. The number of nitrogens with zero attached hydrogens (tertiary/aromatic N) is 1. The number of carbonyl (C=O) groups excluding carboxylic acids is 1. The molecule has 3 N–H and O–H groups in total. The Kier molecular flexibility index (Phi) is 4.14. The van der Waals surface area contributed by atoms with E-state index in [2.05, 4.69) is 10.5 Å². The summed E-state index contributed by atoms with van der Waals surface area (Å²) in [4.78, 5) is 23.3. The lowest BCUT2D eigenvalue weighted by Gasteiger charge is -2.06. The van der Waals surface area contributed by atoms with Crippen molar-refractivity contribution in [2.75, 3.05) is 5.32 Å². The molecule has 0 spiro atoms. The summed E-state index contributed by atoms with van der Waals surface area (Å²) < 4.78 is 5.31. The molecule has 7 heteroatoms. The summed E-state index contributed by atoms with van der Waals surface area (Å²) in [6.07, 6.45) is -0.0147. The van der Waals surface area contributed by atoms with Gasteiger partial charge in [-0.1, -0.05) is 11.2 Å². The lowest BCUT2D eigenvalue weighted by molar-refractivity contribution is -0.115. The summed E-state index contributed by atoms with van der Waals surface area (Å²) in [5.74, 6) is -2.00. The minimum absolute atomic E-state index is 0.0147. The Labute approximate surface area is 142 Å². The third-order valence-electron chi connectivity index (χ3n) is 3.82. The fourth-order valence-corrected chi connectivity index (χ4v) is 2.71. The summed E-state index contributed by atoms with van der Waals surface area (Å²) in [5.41, 5.74) is 3.14. The lowest BCUT2D eigenvalue weighted by atomic mass is 10.1. The zero-order valence-corrected chi connectivity index (χ0v) is 13.7. The normalized spacial score (nSPS) is 10.8. The molecule has 0 aliphatic carbocycles. The molecule has 3 rings (SSSR count). The number of fused-ring (bicyclic) bond motifs is 1. The van der Waals surface area contributed by atoms with Crippen LogP contribution in [0.25, 0.3) is 11.0 Å². The minimum atomic E-state index is -1.28. The molecular weight excluding hydrogens is 324 g/mol. The van der Waals surface area contributed by atoms with Crippen molar-refractivity contribution in [3.63, 3.8) is 0 Å². The molecule has 1 heterocycles. The van der Waals surface area contributed by atoms with E-state index in [0.29, 0.717) is 11.3 Å². The van der Waals surface area contributed by atoms with Gasteiger partial charge in [0.15, 0.2) is 5.58 Å². The lowest BCUT2D eigenvalue weighted by Crippen LogP contribution is -2.15. The number of benzene rings is 2. The number of nitrogens with one attached hydrogen (secondary N) is 1. The number of carboxylic acids is 1. The number of hydrogen-bond donors (Lipinski definition) is 3. The highest BCUT2D eigenvalue weighted by Gasteiger charge is 2.16. The Hall–Kier alpha value is -3.35. The van der Waals surface area contributed by atoms with E-state index in [0.717, 1.165) is 16.5 Å². The largest absolute Gasteiger partial charge is 0.507 e. The summed E-state index contributed by atoms with van der Waals surface area (Å²) in [6, 6.07) is 7.72. The number of rotatable bonds is 4. The number of aromatic nitrogens is 1. The van der Waals surface area contributed by atoms with Gasteiger partial charge >= 0.3 is 5.97 Å². The average Bonchev–Trinajstić information content (AvgIpc) is 2.92. The van der Waals surface area contributed by atoms with Crippen LogP contribution in [-0.4, -0.2) is 27.2 Å². The van der Waals surface area contributed by atoms with Crippen molar-refractivity contribution >= 4 is 28.5 Å². The number of aryl methyl sites for hydroxylation is 2. The van der Waals surface area contributed by atoms with Crippen LogP contribution in [0, 0.1) is 13.8 Å². The first-order valence-electron chi connectivity index (χ1n) is 7.57. The smallest absolute Gasteiger partial charge is 0.339 e. The summed E-state index contributed by atoms with van der Waals surface area (Å²) in [5, 5.41) is 25.9. The number of carboxylic acid groups (broad SMARTS) is 1. The van der Waals surface area contributed by atoms with Crippen LogP contribution < -0.4 is 5.32 Å². The van der Waals surface area contributed by atoms with Crippen molar-refractivity contribution in [2.45, 2.75) is 20.3 Å². The molecule has 7 nitrogen and oxygen atoms in total. The van der Waals surface area contributed by atoms with Gasteiger partial charge in [0, 0.05) is 11.1 Å². The summed E-state index contributed by atoms with van der Waals surface area (Å²) in [6.45, 7) is 3.86. The maximum Gasteiger partial charge on any atom is 0.339 e. The molecule has 3 aromatic rings. The van der Waals surface area contributed by atoms with E-state index < -0.39 is 5.97 Å². The Bertz CT molecular complexity index is 991. The van der Waals surface area contributed by atoms with Gasteiger partial charge in [-0.2, -0.15) is 0 Å². The summed E-state index contributed by atoms with van der Waals surface area (Å²) >= 11 is 0. The molecule has 2 aromatic carbocycles. The molecule has 1 aromatic heterocycles. The van der Waals surface area contributed by atoms with Crippen molar-refractivity contribution < 1.29 is 24.3 Å². The standard InChI is InChI=1S/C18H16N2O5/c1-9-5-10(2)17-12(6-9)14(20-25-17)8-16(22)19-11-3-4-15(21)13(7-11)18(23)24/h3-7,21H,8H2,1-2H3,(H,19,22)(H,23,24). The second kappa shape index (κ2) is 6.27. The molecule has 0 aliphatic rings. The number of aromatic hydroxyl groups is 1. The number of amides is 1. The van der Waals surface area contributed by atoms with E-state index >= 15 is 0 Å². The molecule has 0 radical (unpaired) electrons. The van der Waals surface area contributed by atoms with Crippen LogP contribution in [0.2, 0.25) is 0 Å². The van der Waals surface area contributed by atoms with Crippen LogP contribution in [0.4, 0.5) is 5.69 Å². The zero-order chi connectivity index (χ0) is 18.1. The fraction of sp³-hybridized carbons (Fsp3) is 0.167. The highest BCUT2D eigenvalue weighted by atomic mass is 16.5. The summed E-state index contributed by atoms with van der Waals surface area (Å²) in [7, 11) is 0. The molecule has 0 atom stereocenters. The first-order chi connectivity index (χ1) is 11.8. The number of anilines is 1. The molecule has 0 unspecified atom stereocenters. The number of carbonyl (C=O) groups is 2. The third kappa shape index (κ3) is 3.30. The molecule has 128 valence electrons. The SMILES string of the molecule is Cc1cc(C)c2onc(CC(=O)Nc3ccc(O)c(C(=O)O)c3)c2c1. The number of phenols is 1. The highest BCUT2D eigenvalue weighted by Crippen LogP contribution is 2.25. The fourth-order valence-electron chi connectivity index (χ4n) is 2.71. The van der Waals surface area contributed by atoms with Gasteiger partial charge in [-0.3, -0.25) is 4.79 Å². The van der Waals surface area contributed by atoms with Gasteiger partial charge in [0.05, 0.1) is 6.42 Å². The van der Waals surface area contributed by atoms with Crippen LogP contribution in [0.3, 0.4) is 0 Å². The molecular formula is C18H16N2O5. The maximum atomic E-state index is 12.3. The van der Waals surface area contributed by atoms with E-state index in [1.807, 2.05) is 26.0 Å². The second-order valence-electron chi connectivity index (χ2n) is 5.85. The topological polar surface area (TPSA) is 113 Å². The number of hydrogen-bond acceptors (Lipinski definition) is 5. The molecule has 0 bridgehead atoms. The van der Waals surface area contributed by atoms with Crippen molar-refractivity contribution in [1.29, 1.82) is 0 Å². The molecule has 0 saturated heterocycles. The molecule has 1 amide bonds. The molecule has 0 aliphatic heterocycles. The van der Waals surface area contributed by atoms with Gasteiger partial charge in [0.25, 0.3) is 0 Å². The van der Waals surface area contributed by atoms with Crippen LogP contribution in [0.15, 0.2) is 34.9 Å². The zero-order valence-electron chi connectivity index (χ0n) is 13.7. The first-order valence-corrected chi connectivity index (χ1v) is 7.57. The van der Waals surface area contributed by atoms with Crippen LogP contribution in [-0.2, 0) is 11.2 Å².